The topological polar surface area (TPSA) is 33.1 Å². The number of pyridine rings is 1. The van der Waals surface area contributed by atoms with Crippen LogP contribution < -0.4 is 0 Å². The lowest BCUT2D eigenvalue weighted by atomic mass is 9.96. The minimum Gasteiger partial charge on any atom is -0.393 e. The van der Waals surface area contributed by atoms with Gasteiger partial charge in [-0.1, -0.05) is 13.0 Å². The normalized spacial score (nSPS) is 15.9. The molecular weight excluding hydrogens is 219 g/mol. The third-order valence-corrected chi connectivity index (χ3v) is 2.46. The van der Waals surface area contributed by atoms with E-state index in [1.807, 2.05) is 0 Å². The van der Waals surface area contributed by atoms with Crippen molar-refractivity contribution in [1.82, 2.24) is 4.98 Å². The minimum absolute atomic E-state index is 0.285. The third kappa shape index (κ3) is 2.95. The van der Waals surface area contributed by atoms with Gasteiger partial charge in [-0.2, -0.15) is 13.2 Å². The van der Waals surface area contributed by atoms with Gasteiger partial charge < -0.3 is 5.11 Å². The molecule has 0 spiro atoms. The number of rotatable bonds is 3. The van der Waals surface area contributed by atoms with Gasteiger partial charge in [-0.15, -0.1) is 0 Å². The van der Waals surface area contributed by atoms with Gasteiger partial charge in [0.25, 0.3) is 0 Å². The van der Waals surface area contributed by atoms with Gasteiger partial charge in [-0.3, -0.25) is 0 Å². The van der Waals surface area contributed by atoms with Crippen molar-refractivity contribution in [2.24, 2.45) is 0 Å². The fraction of sp³-hybridized carbons (Fsp3) is 0.545. The van der Waals surface area contributed by atoms with E-state index in [9.17, 15) is 18.3 Å². The minimum atomic E-state index is -4.44. The van der Waals surface area contributed by atoms with Gasteiger partial charge in [0.15, 0.2) is 0 Å². The van der Waals surface area contributed by atoms with Crippen LogP contribution in [0.5, 0.6) is 0 Å². The van der Waals surface area contributed by atoms with Crippen LogP contribution in [0.1, 0.15) is 37.6 Å². The highest BCUT2D eigenvalue weighted by atomic mass is 19.4. The molecule has 1 aromatic rings. The molecular formula is C11H14F3NO. The maximum absolute atomic E-state index is 12.4. The van der Waals surface area contributed by atoms with Crippen molar-refractivity contribution >= 4 is 0 Å². The zero-order chi connectivity index (χ0) is 12.3. The highest BCUT2D eigenvalue weighted by Gasteiger charge is 2.33. The Balaban J connectivity index is 3.07. The van der Waals surface area contributed by atoms with Crippen molar-refractivity contribution in [2.75, 3.05) is 0 Å². The van der Waals surface area contributed by atoms with Crippen LogP contribution in [-0.2, 0) is 6.18 Å². The first-order chi connectivity index (χ1) is 7.36. The predicted molar refractivity (Wildman–Crippen MR) is 54.0 cm³/mol. The first kappa shape index (κ1) is 13.0. The number of hydrogen-bond acceptors (Lipinski definition) is 2. The van der Waals surface area contributed by atoms with E-state index in [2.05, 4.69) is 4.98 Å². The first-order valence-electron chi connectivity index (χ1n) is 5.08. The lowest BCUT2D eigenvalue weighted by molar-refractivity contribution is -0.141. The van der Waals surface area contributed by atoms with E-state index in [0.29, 0.717) is 6.42 Å². The second-order valence-electron chi connectivity index (χ2n) is 3.70. The Morgan fingerprint density at radius 3 is 2.44 bits per heavy atom. The molecule has 0 saturated heterocycles. The number of aliphatic hydroxyl groups excluding tert-OH is 1. The Morgan fingerprint density at radius 1 is 1.38 bits per heavy atom. The molecule has 0 fully saturated rings. The van der Waals surface area contributed by atoms with Crippen molar-refractivity contribution in [1.29, 1.82) is 0 Å². The standard InChI is InChI=1S/C11H14F3NO/c1-3-8(7(2)16)9-5-4-6-10(15-9)11(12,13)14/h4-8,16H,3H2,1-2H3. The van der Waals surface area contributed by atoms with Crippen molar-refractivity contribution in [3.05, 3.63) is 29.6 Å². The molecule has 2 unspecified atom stereocenters. The average Bonchev–Trinajstić information content (AvgIpc) is 2.17. The number of hydrogen-bond donors (Lipinski definition) is 1. The van der Waals surface area contributed by atoms with Gasteiger partial charge in [-0.05, 0) is 25.5 Å². The third-order valence-electron chi connectivity index (χ3n) is 2.46. The van der Waals surface area contributed by atoms with E-state index in [1.54, 1.807) is 13.8 Å². The molecule has 2 atom stereocenters. The summed E-state index contributed by atoms with van der Waals surface area (Å²) in [5.41, 5.74) is -0.628. The van der Waals surface area contributed by atoms with E-state index < -0.39 is 18.0 Å². The SMILES string of the molecule is CCC(c1cccc(C(F)(F)F)n1)C(C)O. The number of aromatic nitrogens is 1. The maximum atomic E-state index is 12.4. The van der Waals surface area contributed by atoms with Crippen LogP contribution in [-0.4, -0.2) is 16.2 Å². The molecule has 2 nitrogen and oxygen atoms in total. The molecule has 1 rings (SSSR count). The van der Waals surface area contributed by atoms with Gasteiger partial charge in [0.1, 0.15) is 5.69 Å². The summed E-state index contributed by atoms with van der Waals surface area (Å²) in [5.74, 6) is -0.359. The number of alkyl halides is 3. The quantitative estimate of drug-likeness (QED) is 0.870. The smallest absolute Gasteiger partial charge is 0.393 e. The van der Waals surface area contributed by atoms with E-state index in [4.69, 9.17) is 0 Å². The molecule has 1 N–H and O–H groups in total. The lowest BCUT2D eigenvalue weighted by Gasteiger charge is -2.18. The maximum Gasteiger partial charge on any atom is 0.433 e. The molecule has 0 radical (unpaired) electrons. The second-order valence-corrected chi connectivity index (χ2v) is 3.70. The van der Waals surface area contributed by atoms with Crippen LogP contribution >= 0.6 is 0 Å². The van der Waals surface area contributed by atoms with Crippen LogP contribution in [0.25, 0.3) is 0 Å². The van der Waals surface area contributed by atoms with E-state index in [0.717, 1.165) is 6.07 Å². The Morgan fingerprint density at radius 2 is 2.00 bits per heavy atom. The molecule has 1 aromatic heterocycles. The molecule has 0 aliphatic rings. The molecule has 16 heavy (non-hydrogen) atoms. The molecule has 0 aliphatic carbocycles. The molecule has 90 valence electrons. The molecule has 0 aliphatic heterocycles. The van der Waals surface area contributed by atoms with Gasteiger partial charge in [0, 0.05) is 11.6 Å². The van der Waals surface area contributed by atoms with Crippen LogP contribution in [0.3, 0.4) is 0 Å². The zero-order valence-corrected chi connectivity index (χ0v) is 9.12. The predicted octanol–water partition coefficient (Wildman–Crippen LogP) is 2.97. The summed E-state index contributed by atoms with van der Waals surface area (Å²) >= 11 is 0. The zero-order valence-electron chi connectivity index (χ0n) is 9.12. The van der Waals surface area contributed by atoms with Crippen molar-refractivity contribution < 1.29 is 18.3 Å². The van der Waals surface area contributed by atoms with Crippen LogP contribution in [0, 0.1) is 0 Å². The molecule has 1 heterocycles. The Bertz CT molecular complexity index is 349. The lowest BCUT2D eigenvalue weighted by Crippen LogP contribution is -2.17. The summed E-state index contributed by atoms with van der Waals surface area (Å²) in [7, 11) is 0. The Labute approximate surface area is 92.1 Å². The summed E-state index contributed by atoms with van der Waals surface area (Å²) in [6.45, 7) is 3.36. The van der Waals surface area contributed by atoms with Gasteiger partial charge in [0.05, 0.1) is 6.10 Å². The Hall–Kier alpha value is -1.10. The summed E-state index contributed by atoms with van der Waals surface area (Å²) in [5, 5.41) is 9.44. The average molecular weight is 233 g/mol. The Kier molecular flexibility index (Phi) is 3.91. The highest BCUT2D eigenvalue weighted by Crippen LogP contribution is 2.29. The fourth-order valence-corrected chi connectivity index (χ4v) is 1.61. The molecule has 0 aromatic carbocycles. The van der Waals surface area contributed by atoms with E-state index in [1.165, 1.54) is 12.1 Å². The van der Waals surface area contributed by atoms with Gasteiger partial charge in [-0.25, -0.2) is 4.98 Å². The van der Waals surface area contributed by atoms with Crippen LogP contribution in [0.4, 0.5) is 13.2 Å². The fourth-order valence-electron chi connectivity index (χ4n) is 1.61. The second kappa shape index (κ2) is 4.82. The number of halogens is 3. The van der Waals surface area contributed by atoms with Crippen molar-refractivity contribution in [2.45, 2.75) is 38.5 Å². The number of aliphatic hydroxyl groups is 1. The largest absolute Gasteiger partial charge is 0.433 e. The van der Waals surface area contributed by atoms with Crippen molar-refractivity contribution in [3.8, 4) is 0 Å². The molecule has 5 heteroatoms. The summed E-state index contributed by atoms with van der Waals surface area (Å²) < 4.78 is 37.2. The van der Waals surface area contributed by atoms with Crippen molar-refractivity contribution in [3.63, 3.8) is 0 Å². The van der Waals surface area contributed by atoms with E-state index in [-0.39, 0.29) is 11.6 Å². The molecule has 0 amide bonds. The monoisotopic (exact) mass is 233 g/mol. The van der Waals surface area contributed by atoms with Crippen LogP contribution in [0.15, 0.2) is 18.2 Å². The van der Waals surface area contributed by atoms with Crippen LogP contribution in [0.2, 0.25) is 0 Å². The highest BCUT2D eigenvalue weighted by molar-refractivity contribution is 5.17. The molecule has 0 bridgehead atoms. The summed E-state index contributed by atoms with van der Waals surface area (Å²) in [6.07, 6.45) is -4.60. The molecule has 0 saturated carbocycles. The summed E-state index contributed by atoms with van der Waals surface area (Å²) in [4.78, 5) is 3.55. The van der Waals surface area contributed by atoms with Gasteiger partial charge in [0.2, 0.25) is 0 Å². The van der Waals surface area contributed by atoms with E-state index >= 15 is 0 Å². The first-order valence-corrected chi connectivity index (χ1v) is 5.08. The number of nitrogens with zero attached hydrogens (tertiary/aromatic N) is 1. The summed E-state index contributed by atoms with van der Waals surface area (Å²) in [6, 6.07) is 3.75. The van der Waals surface area contributed by atoms with Gasteiger partial charge >= 0.3 is 6.18 Å².